The van der Waals surface area contributed by atoms with Crippen LogP contribution in [0, 0.1) is 12.8 Å². The molecular formula is C22H27NO. The molecule has 2 nitrogen and oxygen atoms in total. The molecule has 1 heterocycles. The Morgan fingerprint density at radius 2 is 1.88 bits per heavy atom. The van der Waals surface area contributed by atoms with Crippen LogP contribution in [0.25, 0.3) is 10.9 Å². The van der Waals surface area contributed by atoms with Gasteiger partial charge >= 0.3 is 0 Å². The van der Waals surface area contributed by atoms with Crippen molar-refractivity contribution in [2.45, 2.75) is 64.2 Å². The van der Waals surface area contributed by atoms with E-state index in [1.807, 2.05) is 0 Å². The van der Waals surface area contributed by atoms with E-state index in [1.165, 1.54) is 54.3 Å². The van der Waals surface area contributed by atoms with E-state index in [4.69, 9.17) is 0 Å². The Hall–Kier alpha value is -1.83. The van der Waals surface area contributed by atoms with Gasteiger partial charge in [-0.1, -0.05) is 43.5 Å². The summed E-state index contributed by atoms with van der Waals surface area (Å²) in [4.78, 5) is 16.3. The standard InChI is InChI=1S/C22H27NO/c1-15-21(17-11-5-7-13-19(17)23-15)22(16-9-3-2-4-10-16)18-12-6-8-14-20(18)24/h5,7,11-13,16,22-23H,2-4,6,8-10,14H2,1H3. The third-order valence-corrected chi connectivity index (χ3v) is 6.00. The van der Waals surface area contributed by atoms with Gasteiger partial charge in [0.2, 0.25) is 0 Å². The average Bonchev–Trinajstić information content (AvgIpc) is 2.94. The molecule has 126 valence electrons. The second-order valence-electron chi connectivity index (χ2n) is 7.56. The molecule has 0 bridgehead atoms. The Bertz CT molecular complexity index is 776. The number of nitrogens with one attached hydrogen (secondary N) is 1. The molecule has 1 aromatic carbocycles. The van der Waals surface area contributed by atoms with E-state index in [0.29, 0.717) is 11.7 Å². The number of carbonyl (C=O) groups excluding carboxylic acids is 1. The van der Waals surface area contributed by atoms with E-state index in [1.54, 1.807) is 0 Å². The van der Waals surface area contributed by atoms with Crippen molar-refractivity contribution in [2.24, 2.45) is 5.92 Å². The fraction of sp³-hybridized carbons (Fsp3) is 0.500. The summed E-state index contributed by atoms with van der Waals surface area (Å²) in [6.45, 7) is 2.18. The normalized spacial score (nSPS) is 21.0. The van der Waals surface area contributed by atoms with Gasteiger partial charge in [0.15, 0.2) is 5.78 Å². The number of Topliss-reactive ketones (excluding diaryl/α,β-unsaturated/α-hetero) is 1. The number of rotatable bonds is 3. The molecule has 2 aliphatic rings. The van der Waals surface area contributed by atoms with Crippen LogP contribution < -0.4 is 0 Å². The summed E-state index contributed by atoms with van der Waals surface area (Å²) in [7, 11) is 0. The Morgan fingerprint density at radius 3 is 2.67 bits per heavy atom. The van der Waals surface area contributed by atoms with Crippen LogP contribution in [0.4, 0.5) is 0 Å². The summed E-state index contributed by atoms with van der Waals surface area (Å²) >= 11 is 0. The number of hydrogen-bond acceptors (Lipinski definition) is 1. The molecule has 0 spiro atoms. The Morgan fingerprint density at radius 1 is 1.08 bits per heavy atom. The fourth-order valence-corrected chi connectivity index (χ4v) is 4.89. The monoisotopic (exact) mass is 321 g/mol. The number of carbonyl (C=O) groups is 1. The maximum atomic E-state index is 12.7. The highest BCUT2D eigenvalue weighted by atomic mass is 16.1. The number of hydrogen-bond donors (Lipinski definition) is 1. The molecule has 4 rings (SSSR count). The second-order valence-corrected chi connectivity index (χ2v) is 7.56. The predicted octanol–water partition coefficient (Wildman–Crippen LogP) is 5.82. The molecule has 0 saturated heterocycles. The van der Waals surface area contributed by atoms with Crippen molar-refractivity contribution in [2.75, 3.05) is 0 Å². The molecule has 2 aromatic rings. The molecule has 2 aliphatic carbocycles. The van der Waals surface area contributed by atoms with Crippen molar-refractivity contribution in [3.05, 3.63) is 47.2 Å². The molecular weight excluding hydrogens is 294 g/mol. The van der Waals surface area contributed by atoms with Gasteiger partial charge in [0.25, 0.3) is 0 Å². The molecule has 0 amide bonds. The number of allylic oxidation sites excluding steroid dienone is 2. The predicted molar refractivity (Wildman–Crippen MR) is 99.3 cm³/mol. The minimum Gasteiger partial charge on any atom is -0.358 e. The lowest BCUT2D eigenvalue weighted by atomic mass is 9.70. The van der Waals surface area contributed by atoms with Crippen molar-refractivity contribution >= 4 is 16.7 Å². The van der Waals surface area contributed by atoms with Crippen molar-refractivity contribution < 1.29 is 4.79 Å². The minimum absolute atomic E-state index is 0.286. The van der Waals surface area contributed by atoms with Crippen molar-refractivity contribution in [1.29, 1.82) is 0 Å². The SMILES string of the molecule is Cc1[nH]c2ccccc2c1C(C1=CCCCC1=O)C1CCCCC1. The van der Waals surface area contributed by atoms with E-state index in [-0.39, 0.29) is 5.92 Å². The first-order chi connectivity index (χ1) is 11.8. The highest BCUT2D eigenvalue weighted by molar-refractivity contribution is 5.99. The van der Waals surface area contributed by atoms with Crippen LogP contribution in [-0.4, -0.2) is 10.8 Å². The first-order valence-electron chi connectivity index (χ1n) is 9.56. The molecule has 1 unspecified atom stereocenters. The lowest BCUT2D eigenvalue weighted by Crippen LogP contribution is -2.24. The van der Waals surface area contributed by atoms with E-state index in [9.17, 15) is 4.79 Å². The van der Waals surface area contributed by atoms with Gasteiger partial charge in [-0.05, 0) is 55.7 Å². The molecule has 1 N–H and O–H groups in total. The van der Waals surface area contributed by atoms with Gasteiger partial charge in [0, 0.05) is 28.9 Å². The molecule has 0 radical (unpaired) electrons. The molecule has 2 heteroatoms. The van der Waals surface area contributed by atoms with Crippen molar-refractivity contribution in [3.8, 4) is 0 Å². The summed E-state index contributed by atoms with van der Waals surface area (Å²) < 4.78 is 0. The number of ketones is 1. The minimum atomic E-state index is 0.286. The zero-order valence-electron chi connectivity index (χ0n) is 14.6. The molecule has 1 aromatic heterocycles. The number of H-pyrrole nitrogens is 1. The molecule has 0 aliphatic heterocycles. The topological polar surface area (TPSA) is 32.9 Å². The smallest absolute Gasteiger partial charge is 0.159 e. The van der Waals surface area contributed by atoms with Gasteiger partial charge in [-0.25, -0.2) is 0 Å². The van der Waals surface area contributed by atoms with E-state index in [2.05, 4.69) is 42.2 Å². The highest BCUT2D eigenvalue weighted by Crippen LogP contribution is 2.45. The number of para-hydroxylation sites is 1. The summed E-state index contributed by atoms with van der Waals surface area (Å²) in [5.41, 5.74) is 4.95. The third kappa shape index (κ3) is 2.72. The van der Waals surface area contributed by atoms with E-state index >= 15 is 0 Å². The lowest BCUT2D eigenvalue weighted by Gasteiger charge is -2.33. The Balaban J connectivity index is 1.86. The molecule has 1 saturated carbocycles. The first-order valence-corrected chi connectivity index (χ1v) is 9.56. The summed E-state index contributed by atoms with van der Waals surface area (Å²) in [5.74, 6) is 1.29. The second kappa shape index (κ2) is 6.58. The summed E-state index contributed by atoms with van der Waals surface area (Å²) in [5, 5.41) is 1.31. The summed E-state index contributed by atoms with van der Waals surface area (Å²) in [6, 6.07) is 8.58. The van der Waals surface area contributed by atoms with Crippen LogP contribution in [-0.2, 0) is 4.79 Å². The lowest BCUT2D eigenvalue weighted by molar-refractivity contribution is -0.116. The number of aromatic nitrogens is 1. The van der Waals surface area contributed by atoms with Crippen molar-refractivity contribution in [3.63, 3.8) is 0 Å². The zero-order chi connectivity index (χ0) is 16.5. The first kappa shape index (κ1) is 15.7. The molecule has 24 heavy (non-hydrogen) atoms. The van der Waals surface area contributed by atoms with E-state index < -0.39 is 0 Å². The van der Waals surface area contributed by atoms with Gasteiger partial charge < -0.3 is 4.98 Å². The van der Waals surface area contributed by atoms with E-state index in [0.717, 1.165) is 24.8 Å². The van der Waals surface area contributed by atoms with Crippen LogP contribution in [0.2, 0.25) is 0 Å². The van der Waals surface area contributed by atoms with Gasteiger partial charge in [0.05, 0.1) is 0 Å². The highest BCUT2D eigenvalue weighted by Gasteiger charge is 2.34. The number of fused-ring (bicyclic) bond motifs is 1. The van der Waals surface area contributed by atoms with Crippen LogP contribution in [0.3, 0.4) is 0 Å². The van der Waals surface area contributed by atoms with Crippen LogP contribution >= 0.6 is 0 Å². The Labute approximate surface area is 144 Å². The van der Waals surface area contributed by atoms with Crippen LogP contribution in [0.1, 0.15) is 68.5 Å². The van der Waals surface area contributed by atoms with Crippen molar-refractivity contribution in [1.82, 2.24) is 4.98 Å². The summed E-state index contributed by atoms with van der Waals surface area (Å²) in [6.07, 6.45) is 11.6. The van der Waals surface area contributed by atoms with Gasteiger partial charge in [-0.15, -0.1) is 0 Å². The van der Waals surface area contributed by atoms with Crippen LogP contribution in [0.15, 0.2) is 35.9 Å². The average molecular weight is 321 g/mol. The van der Waals surface area contributed by atoms with Gasteiger partial charge in [-0.2, -0.15) is 0 Å². The fourth-order valence-electron chi connectivity index (χ4n) is 4.89. The zero-order valence-corrected chi connectivity index (χ0v) is 14.6. The van der Waals surface area contributed by atoms with Gasteiger partial charge in [0.1, 0.15) is 0 Å². The number of aromatic amines is 1. The quantitative estimate of drug-likeness (QED) is 0.759. The van der Waals surface area contributed by atoms with Gasteiger partial charge in [-0.3, -0.25) is 4.79 Å². The maximum Gasteiger partial charge on any atom is 0.159 e. The largest absolute Gasteiger partial charge is 0.358 e. The van der Waals surface area contributed by atoms with Crippen LogP contribution in [0.5, 0.6) is 0 Å². The molecule has 1 atom stereocenters. The maximum absolute atomic E-state index is 12.7. The number of benzene rings is 1. The molecule has 1 fully saturated rings. The number of aryl methyl sites for hydroxylation is 1. The Kier molecular flexibility index (Phi) is 4.30. The third-order valence-electron chi connectivity index (χ3n) is 6.00.